The van der Waals surface area contributed by atoms with Crippen molar-refractivity contribution >= 4 is 0 Å². The molecule has 12 heavy (non-hydrogen) atoms. The van der Waals surface area contributed by atoms with Crippen LogP contribution in [0.2, 0.25) is 0 Å². The summed E-state index contributed by atoms with van der Waals surface area (Å²) in [4.78, 5) is 3.42. The van der Waals surface area contributed by atoms with Crippen molar-refractivity contribution in [2.45, 2.75) is 13.0 Å². The number of hydrogen-bond donors (Lipinski definition) is 1. The number of aromatic nitrogens is 1. The Balaban J connectivity index is 3.05. The first-order valence-electron chi connectivity index (χ1n) is 3.52. The third-order valence-corrected chi connectivity index (χ3v) is 1.53. The van der Waals surface area contributed by atoms with Crippen molar-refractivity contribution < 1.29 is 14.2 Å². The molecule has 0 radical (unpaired) electrons. The molecule has 0 bridgehead atoms. The van der Waals surface area contributed by atoms with Crippen molar-refractivity contribution in [1.29, 1.82) is 0 Å². The number of rotatable bonds is 2. The van der Waals surface area contributed by atoms with Gasteiger partial charge in [-0.05, 0) is 13.0 Å². The molecule has 1 N–H and O–H groups in total. The molecule has 0 aliphatic heterocycles. The van der Waals surface area contributed by atoms with Crippen LogP contribution < -0.4 is 4.74 Å². The minimum atomic E-state index is -0.665. The highest BCUT2D eigenvalue weighted by molar-refractivity contribution is 5.25. The molecular formula is C8H10FNO2. The van der Waals surface area contributed by atoms with Crippen LogP contribution in [0.15, 0.2) is 12.3 Å². The molecule has 1 heterocycles. The van der Waals surface area contributed by atoms with Crippen molar-refractivity contribution in [3.63, 3.8) is 0 Å². The molecule has 1 unspecified atom stereocenters. The van der Waals surface area contributed by atoms with Crippen LogP contribution in [0, 0.1) is 5.95 Å². The summed E-state index contributed by atoms with van der Waals surface area (Å²) >= 11 is 0. The Kier molecular flexibility index (Phi) is 2.60. The van der Waals surface area contributed by atoms with E-state index in [0.29, 0.717) is 5.56 Å². The van der Waals surface area contributed by atoms with Crippen LogP contribution in [-0.4, -0.2) is 17.2 Å². The Hall–Kier alpha value is -1.16. The van der Waals surface area contributed by atoms with Crippen molar-refractivity contribution in [2.24, 2.45) is 0 Å². The summed E-state index contributed by atoms with van der Waals surface area (Å²) in [5.74, 6) is -0.615. The van der Waals surface area contributed by atoms with E-state index < -0.39 is 12.1 Å². The average Bonchev–Trinajstić information content (AvgIpc) is 2.05. The SMILES string of the molecule is COc1cc(C(C)O)cnc1F. The summed E-state index contributed by atoms with van der Waals surface area (Å²) < 4.78 is 17.4. The average molecular weight is 171 g/mol. The van der Waals surface area contributed by atoms with Gasteiger partial charge in [-0.2, -0.15) is 4.39 Å². The van der Waals surface area contributed by atoms with Gasteiger partial charge in [-0.25, -0.2) is 4.98 Å². The van der Waals surface area contributed by atoms with Crippen LogP contribution in [0.5, 0.6) is 5.75 Å². The van der Waals surface area contributed by atoms with Crippen LogP contribution >= 0.6 is 0 Å². The van der Waals surface area contributed by atoms with E-state index in [4.69, 9.17) is 5.11 Å². The van der Waals surface area contributed by atoms with E-state index in [2.05, 4.69) is 9.72 Å². The van der Waals surface area contributed by atoms with Crippen LogP contribution in [0.3, 0.4) is 0 Å². The normalized spacial score (nSPS) is 12.7. The maximum absolute atomic E-state index is 12.7. The molecule has 0 aliphatic carbocycles. The van der Waals surface area contributed by atoms with Gasteiger partial charge in [-0.3, -0.25) is 0 Å². The lowest BCUT2D eigenvalue weighted by molar-refractivity contribution is 0.198. The molecule has 4 heteroatoms. The van der Waals surface area contributed by atoms with E-state index in [1.54, 1.807) is 6.92 Å². The maximum Gasteiger partial charge on any atom is 0.255 e. The molecule has 1 atom stereocenters. The Bertz CT molecular complexity index is 276. The lowest BCUT2D eigenvalue weighted by Crippen LogP contribution is -1.97. The van der Waals surface area contributed by atoms with Gasteiger partial charge in [0.25, 0.3) is 5.95 Å². The third kappa shape index (κ3) is 1.71. The van der Waals surface area contributed by atoms with E-state index in [-0.39, 0.29) is 5.75 Å². The first-order chi connectivity index (χ1) is 5.65. The van der Waals surface area contributed by atoms with Crippen LogP contribution in [0.25, 0.3) is 0 Å². The Morgan fingerprint density at radius 2 is 2.33 bits per heavy atom. The third-order valence-electron chi connectivity index (χ3n) is 1.53. The molecule has 0 aromatic carbocycles. The molecule has 1 rings (SSSR count). The molecular weight excluding hydrogens is 161 g/mol. The van der Waals surface area contributed by atoms with Gasteiger partial charge in [0.1, 0.15) is 0 Å². The van der Waals surface area contributed by atoms with Gasteiger partial charge in [0.15, 0.2) is 5.75 Å². The number of aliphatic hydroxyl groups is 1. The van der Waals surface area contributed by atoms with Gasteiger partial charge < -0.3 is 9.84 Å². The second kappa shape index (κ2) is 3.49. The number of ether oxygens (including phenoxy) is 1. The van der Waals surface area contributed by atoms with Crippen LogP contribution in [0.1, 0.15) is 18.6 Å². The molecule has 0 saturated carbocycles. The molecule has 0 aliphatic rings. The van der Waals surface area contributed by atoms with Crippen molar-refractivity contribution in [1.82, 2.24) is 4.98 Å². The lowest BCUT2D eigenvalue weighted by atomic mass is 10.2. The zero-order valence-electron chi connectivity index (χ0n) is 6.91. The summed E-state index contributed by atoms with van der Waals surface area (Å²) in [7, 11) is 1.35. The predicted molar refractivity (Wildman–Crippen MR) is 41.4 cm³/mol. The smallest absolute Gasteiger partial charge is 0.255 e. The molecule has 3 nitrogen and oxygen atoms in total. The van der Waals surface area contributed by atoms with Crippen LogP contribution in [-0.2, 0) is 0 Å². The molecule has 0 fully saturated rings. The summed E-state index contributed by atoms with van der Waals surface area (Å²) in [6, 6.07) is 1.42. The quantitative estimate of drug-likeness (QED) is 0.681. The van der Waals surface area contributed by atoms with Gasteiger partial charge in [-0.15, -0.1) is 0 Å². The lowest BCUT2D eigenvalue weighted by Gasteiger charge is -2.06. The predicted octanol–water partition coefficient (Wildman–Crippen LogP) is 1.28. The van der Waals surface area contributed by atoms with Crippen molar-refractivity contribution in [2.75, 3.05) is 7.11 Å². The molecule has 0 saturated heterocycles. The van der Waals surface area contributed by atoms with E-state index >= 15 is 0 Å². The monoisotopic (exact) mass is 171 g/mol. The fraction of sp³-hybridized carbons (Fsp3) is 0.375. The maximum atomic E-state index is 12.7. The zero-order valence-corrected chi connectivity index (χ0v) is 6.91. The Labute approximate surface area is 69.8 Å². The zero-order chi connectivity index (χ0) is 9.14. The van der Waals surface area contributed by atoms with Crippen molar-refractivity contribution in [3.8, 4) is 5.75 Å². The number of nitrogens with zero attached hydrogens (tertiary/aromatic N) is 1. The first-order valence-corrected chi connectivity index (χ1v) is 3.52. The standard InChI is InChI=1S/C8H10FNO2/c1-5(11)6-3-7(12-2)8(9)10-4-6/h3-5,11H,1-2H3. The summed E-state index contributed by atoms with van der Waals surface area (Å²) in [6.45, 7) is 1.58. The van der Waals surface area contributed by atoms with E-state index in [1.807, 2.05) is 0 Å². The number of methoxy groups -OCH3 is 1. The fourth-order valence-electron chi connectivity index (χ4n) is 0.815. The number of hydrogen-bond acceptors (Lipinski definition) is 3. The van der Waals surface area contributed by atoms with E-state index in [0.717, 1.165) is 0 Å². The van der Waals surface area contributed by atoms with Gasteiger partial charge in [0.2, 0.25) is 0 Å². The Morgan fingerprint density at radius 3 is 2.83 bits per heavy atom. The summed E-state index contributed by atoms with van der Waals surface area (Å²) in [5, 5.41) is 9.12. The number of pyridine rings is 1. The summed E-state index contributed by atoms with van der Waals surface area (Å²) in [6.07, 6.45) is 0.620. The van der Waals surface area contributed by atoms with Gasteiger partial charge >= 0.3 is 0 Å². The topological polar surface area (TPSA) is 42.4 Å². The van der Waals surface area contributed by atoms with Gasteiger partial charge in [0, 0.05) is 11.8 Å². The Morgan fingerprint density at radius 1 is 1.67 bits per heavy atom. The number of halogens is 1. The highest BCUT2D eigenvalue weighted by Gasteiger charge is 2.07. The van der Waals surface area contributed by atoms with E-state index in [9.17, 15) is 4.39 Å². The highest BCUT2D eigenvalue weighted by atomic mass is 19.1. The van der Waals surface area contributed by atoms with Gasteiger partial charge in [-0.1, -0.05) is 0 Å². The van der Waals surface area contributed by atoms with Crippen molar-refractivity contribution in [3.05, 3.63) is 23.8 Å². The molecule has 0 spiro atoms. The largest absolute Gasteiger partial charge is 0.492 e. The first kappa shape index (κ1) is 8.93. The molecule has 1 aromatic heterocycles. The summed E-state index contributed by atoms with van der Waals surface area (Å²) in [5.41, 5.74) is 0.535. The molecule has 0 amide bonds. The minimum Gasteiger partial charge on any atom is -0.492 e. The molecule has 1 aromatic rings. The second-order valence-electron chi connectivity index (χ2n) is 2.44. The molecule has 66 valence electrons. The number of aliphatic hydroxyl groups excluding tert-OH is 1. The van der Waals surface area contributed by atoms with Gasteiger partial charge in [0.05, 0.1) is 13.2 Å². The minimum absolute atomic E-state index is 0.0494. The van der Waals surface area contributed by atoms with E-state index in [1.165, 1.54) is 19.4 Å². The van der Waals surface area contributed by atoms with Crippen LogP contribution in [0.4, 0.5) is 4.39 Å². The fourth-order valence-corrected chi connectivity index (χ4v) is 0.815. The second-order valence-corrected chi connectivity index (χ2v) is 2.44. The highest BCUT2D eigenvalue weighted by Crippen LogP contribution is 2.19.